The van der Waals surface area contributed by atoms with Gasteiger partial charge in [0.15, 0.2) is 6.61 Å². The Morgan fingerprint density at radius 3 is 2.88 bits per heavy atom. The number of ether oxygens (including phenoxy) is 1. The van der Waals surface area contributed by atoms with Crippen molar-refractivity contribution < 1.29 is 14.3 Å². The van der Waals surface area contributed by atoms with E-state index in [2.05, 4.69) is 16.0 Å². The number of benzene rings is 1. The van der Waals surface area contributed by atoms with Crippen LogP contribution in [-0.4, -0.2) is 37.0 Å². The normalized spacial score (nSPS) is 24.6. The van der Waals surface area contributed by atoms with Gasteiger partial charge >= 0.3 is 0 Å². The Hall–Kier alpha value is -2.08. The fraction of sp³-hybridized carbons (Fsp3) is 0.600. The van der Waals surface area contributed by atoms with E-state index < -0.39 is 0 Å². The van der Waals surface area contributed by atoms with Crippen LogP contribution in [0.1, 0.15) is 44.6 Å². The summed E-state index contributed by atoms with van der Waals surface area (Å²) in [5, 5.41) is 9.23. The van der Waals surface area contributed by atoms with Crippen LogP contribution in [0.25, 0.3) is 0 Å². The molecule has 0 spiro atoms. The van der Waals surface area contributed by atoms with Crippen LogP contribution in [0.2, 0.25) is 0 Å². The Bertz CT molecular complexity index is 620. The van der Waals surface area contributed by atoms with E-state index in [-0.39, 0.29) is 24.5 Å². The molecule has 26 heavy (non-hydrogen) atoms. The lowest BCUT2D eigenvalue weighted by Gasteiger charge is -2.24. The van der Waals surface area contributed by atoms with Crippen molar-refractivity contribution in [3.8, 4) is 5.75 Å². The van der Waals surface area contributed by atoms with Crippen molar-refractivity contribution in [3.63, 3.8) is 0 Å². The van der Waals surface area contributed by atoms with Crippen LogP contribution in [0.3, 0.4) is 0 Å². The largest absolute Gasteiger partial charge is 0.484 e. The molecule has 142 valence electrons. The van der Waals surface area contributed by atoms with Gasteiger partial charge in [-0.3, -0.25) is 9.59 Å². The Labute approximate surface area is 155 Å². The summed E-state index contributed by atoms with van der Waals surface area (Å²) >= 11 is 0. The second-order valence-electron chi connectivity index (χ2n) is 7.21. The van der Waals surface area contributed by atoms with Gasteiger partial charge in [-0.25, -0.2) is 0 Å². The van der Waals surface area contributed by atoms with Crippen molar-refractivity contribution in [3.05, 3.63) is 29.8 Å². The minimum absolute atomic E-state index is 0.00156. The van der Waals surface area contributed by atoms with Gasteiger partial charge in [-0.15, -0.1) is 0 Å². The second kappa shape index (κ2) is 9.03. The number of likely N-dealkylation sites (N-methyl/N-ethyl adjacent to an activating group) is 1. The number of carbonyl (C=O) groups excluding carboxylic acids is 2. The summed E-state index contributed by atoms with van der Waals surface area (Å²) in [6.45, 7) is 2.92. The monoisotopic (exact) mass is 359 g/mol. The zero-order valence-electron chi connectivity index (χ0n) is 15.4. The van der Waals surface area contributed by atoms with Gasteiger partial charge in [-0.1, -0.05) is 25.0 Å². The van der Waals surface area contributed by atoms with E-state index >= 15 is 0 Å². The summed E-state index contributed by atoms with van der Waals surface area (Å²) < 4.78 is 5.49. The second-order valence-corrected chi connectivity index (χ2v) is 7.21. The Morgan fingerprint density at radius 1 is 1.23 bits per heavy atom. The molecule has 1 aliphatic carbocycles. The highest BCUT2D eigenvalue weighted by atomic mass is 16.5. The van der Waals surface area contributed by atoms with Crippen LogP contribution in [0.5, 0.6) is 5.75 Å². The van der Waals surface area contributed by atoms with Crippen LogP contribution < -0.4 is 20.7 Å². The van der Waals surface area contributed by atoms with Crippen molar-refractivity contribution in [2.24, 2.45) is 5.92 Å². The molecule has 1 saturated heterocycles. The molecule has 2 aliphatic rings. The fourth-order valence-corrected chi connectivity index (χ4v) is 3.98. The molecule has 1 aliphatic heterocycles. The van der Waals surface area contributed by atoms with Crippen molar-refractivity contribution >= 4 is 11.8 Å². The Morgan fingerprint density at radius 2 is 2.08 bits per heavy atom. The smallest absolute Gasteiger partial charge is 0.257 e. The number of fused-ring (bicyclic) bond motifs is 1. The van der Waals surface area contributed by atoms with E-state index in [0.29, 0.717) is 30.8 Å². The number of rotatable bonds is 7. The van der Waals surface area contributed by atoms with E-state index in [1.807, 2.05) is 31.2 Å². The van der Waals surface area contributed by atoms with Crippen LogP contribution in [-0.2, 0) is 16.1 Å². The van der Waals surface area contributed by atoms with Gasteiger partial charge < -0.3 is 20.7 Å². The molecule has 3 N–H and O–H groups in total. The molecule has 0 radical (unpaired) electrons. The van der Waals surface area contributed by atoms with E-state index in [9.17, 15) is 9.59 Å². The molecule has 6 nitrogen and oxygen atoms in total. The number of amides is 2. The van der Waals surface area contributed by atoms with Gasteiger partial charge in [0.1, 0.15) is 5.75 Å². The number of nitrogens with one attached hydrogen (secondary N) is 3. The van der Waals surface area contributed by atoms with Gasteiger partial charge in [0.05, 0.1) is 6.04 Å². The zero-order valence-corrected chi connectivity index (χ0v) is 15.4. The predicted octanol–water partition coefficient (Wildman–Crippen LogP) is 1.74. The van der Waals surface area contributed by atoms with Gasteiger partial charge in [0.25, 0.3) is 5.91 Å². The molecule has 0 bridgehead atoms. The summed E-state index contributed by atoms with van der Waals surface area (Å²) in [5.74, 6) is 1.23. The summed E-state index contributed by atoms with van der Waals surface area (Å²) in [5.41, 5.74) is 0.960. The average molecular weight is 359 g/mol. The Kier molecular flexibility index (Phi) is 6.50. The van der Waals surface area contributed by atoms with Gasteiger partial charge in [-0.05, 0) is 49.8 Å². The third-order valence-corrected chi connectivity index (χ3v) is 5.29. The minimum Gasteiger partial charge on any atom is -0.484 e. The molecule has 1 aromatic carbocycles. The molecule has 3 unspecified atom stereocenters. The number of carbonyl (C=O) groups is 2. The molecule has 6 heteroatoms. The summed E-state index contributed by atoms with van der Waals surface area (Å²) in [4.78, 5) is 23.9. The molecule has 1 aromatic rings. The van der Waals surface area contributed by atoms with E-state index in [0.717, 1.165) is 12.0 Å². The van der Waals surface area contributed by atoms with E-state index in [1.165, 1.54) is 25.7 Å². The maximum absolute atomic E-state index is 12.5. The molecule has 1 heterocycles. The lowest BCUT2D eigenvalue weighted by Crippen LogP contribution is -2.42. The van der Waals surface area contributed by atoms with Crippen LogP contribution >= 0.6 is 0 Å². The maximum atomic E-state index is 12.5. The highest BCUT2D eigenvalue weighted by molar-refractivity contribution is 5.82. The fourth-order valence-electron chi connectivity index (χ4n) is 3.98. The lowest BCUT2D eigenvalue weighted by molar-refractivity contribution is -0.123. The first-order valence-electron chi connectivity index (χ1n) is 9.68. The predicted molar refractivity (Wildman–Crippen MR) is 99.8 cm³/mol. The van der Waals surface area contributed by atoms with Crippen LogP contribution in [0.15, 0.2) is 24.3 Å². The Balaban J connectivity index is 1.46. The summed E-state index contributed by atoms with van der Waals surface area (Å²) in [7, 11) is 0. The van der Waals surface area contributed by atoms with Crippen LogP contribution in [0, 0.1) is 5.92 Å². The van der Waals surface area contributed by atoms with Crippen LogP contribution in [0.4, 0.5) is 0 Å². The van der Waals surface area contributed by atoms with Gasteiger partial charge in [0.2, 0.25) is 5.91 Å². The average Bonchev–Trinajstić information content (AvgIpc) is 3.09. The molecule has 0 aromatic heterocycles. The SMILES string of the molecule is CCNC(=O)COc1cccc(CNC(=O)C2CC3CCCCC3N2)c1. The zero-order chi connectivity index (χ0) is 18.4. The van der Waals surface area contributed by atoms with Crippen molar-refractivity contribution in [1.82, 2.24) is 16.0 Å². The van der Waals surface area contributed by atoms with Crippen molar-refractivity contribution in [2.45, 2.75) is 57.7 Å². The quantitative estimate of drug-likeness (QED) is 0.693. The third kappa shape index (κ3) is 4.97. The van der Waals surface area contributed by atoms with Gasteiger partial charge in [0, 0.05) is 19.1 Å². The topological polar surface area (TPSA) is 79.5 Å². The van der Waals surface area contributed by atoms with Gasteiger partial charge in [-0.2, -0.15) is 0 Å². The maximum Gasteiger partial charge on any atom is 0.257 e. The number of hydrogen-bond donors (Lipinski definition) is 3. The van der Waals surface area contributed by atoms with E-state index in [1.54, 1.807) is 0 Å². The molecule has 2 amide bonds. The third-order valence-electron chi connectivity index (χ3n) is 5.29. The minimum atomic E-state index is -0.139. The number of hydrogen-bond acceptors (Lipinski definition) is 4. The van der Waals surface area contributed by atoms with E-state index in [4.69, 9.17) is 4.74 Å². The first-order valence-corrected chi connectivity index (χ1v) is 9.68. The highest BCUT2D eigenvalue weighted by Crippen LogP contribution is 2.33. The standard InChI is InChI=1S/C20H29N3O3/c1-2-21-19(24)13-26-16-8-5-6-14(10-16)12-22-20(25)18-11-15-7-3-4-9-17(15)23-18/h5-6,8,10,15,17-18,23H,2-4,7,9,11-13H2,1H3,(H,21,24)(H,22,25). The summed E-state index contributed by atoms with van der Waals surface area (Å²) in [6.07, 6.45) is 5.95. The summed E-state index contributed by atoms with van der Waals surface area (Å²) in [6, 6.07) is 7.94. The molecular weight excluding hydrogens is 330 g/mol. The van der Waals surface area contributed by atoms with Crippen molar-refractivity contribution in [1.29, 1.82) is 0 Å². The molecule has 1 saturated carbocycles. The molecular formula is C20H29N3O3. The first kappa shape index (κ1) is 18.7. The first-order chi connectivity index (χ1) is 12.7. The highest BCUT2D eigenvalue weighted by Gasteiger charge is 2.37. The molecule has 2 fully saturated rings. The lowest BCUT2D eigenvalue weighted by atomic mass is 9.85. The van der Waals surface area contributed by atoms with Crippen molar-refractivity contribution in [2.75, 3.05) is 13.2 Å². The molecule has 3 rings (SSSR count). The molecule has 3 atom stereocenters.